The van der Waals surface area contributed by atoms with E-state index in [9.17, 15) is 9.59 Å². The van der Waals surface area contributed by atoms with E-state index in [1.807, 2.05) is 36.6 Å². The number of carbonyl (C=O) groups is 2. The number of ether oxygens (including phenoxy) is 2. The highest BCUT2D eigenvalue weighted by Gasteiger charge is 2.30. The molecule has 0 atom stereocenters. The van der Waals surface area contributed by atoms with Crippen molar-refractivity contribution in [1.82, 2.24) is 0 Å². The van der Waals surface area contributed by atoms with Crippen LogP contribution >= 0.6 is 34.0 Å². The van der Waals surface area contributed by atoms with Crippen molar-refractivity contribution in [1.29, 1.82) is 0 Å². The first-order chi connectivity index (χ1) is 14.5. The predicted molar refractivity (Wildman–Crippen MR) is 124 cm³/mol. The lowest BCUT2D eigenvalue weighted by atomic mass is 10.1. The second-order valence-electron chi connectivity index (χ2n) is 5.88. The summed E-state index contributed by atoms with van der Waals surface area (Å²) in [7, 11) is 0. The van der Waals surface area contributed by atoms with E-state index < -0.39 is 11.9 Å². The van der Waals surface area contributed by atoms with Crippen molar-refractivity contribution < 1.29 is 19.1 Å². The van der Waals surface area contributed by atoms with Gasteiger partial charge in [0.25, 0.3) is 0 Å². The lowest BCUT2D eigenvalue weighted by molar-refractivity contribution is 0.0481. The van der Waals surface area contributed by atoms with Crippen LogP contribution in [0.5, 0.6) is 0 Å². The van der Waals surface area contributed by atoms with Crippen LogP contribution in [0.3, 0.4) is 0 Å². The highest BCUT2D eigenvalue weighted by molar-refractivity contribution is 7.20. The maximum absolute atomic E-state index is 12.7. The fraction of sp³-hybridized carbons (Fsp3) is 0.238. The number of carbonyl (C=O) groups excluding carboxylic acids is 2. The summed E-state index contributed by atoms with van der Waals surface area (Å²) in [6.45, 7) is 5.78. The highest BCUT2D eigenvalue weighted by atomic mass is 32.1. The van der Waals surface area contributed by atoms with Gasteiger partial charge >= 0.3 is 11.9 Å². The Morgan fingerprint density at radius 2 is 1.50 bits per heavy atom. The largest absolute Gasteiger partial charge is 0.462 e. The van der Waals surface area contributed by atoms with Crippen LogP contribution in [-0.2, 0) is 9.47 Å². The molecule has 0 N–H and O–H groups in total. The van der Waals surface area contributed by atoms with E-state index in [-0.39, 0.29) is 24.3 Å². The molecule has 3 aromatic rings. The van der Waals surface area contributed by atoms with E-state index in [1.165, 1.54) is 11.3 Å². The molecule has 0 aliphatic carbocycles. The van der Waals surface area contributed by atoms with Crippen molar-refractivity contribution >= 4 is 68.4 Å². The Morgan fingerprint density at radius 1 is 0.900 bits per heavy atom. The molecular weight excluding hydrogens is 440 g/mol. The third-order valence-corrected chi connectivity index (χ3v) is 6.50. The summed E-state index contributed by atoms with van der Waals surface area (Å²) in [4.78, 5) is 37.4. The van der Waals surface area contributed by atoms with Crippen LogP contribution in [0.4, 0.5) is 10.0 Å². The van der Waals surface area contributed by atoms with Crippen LogP contribution in [0.1, 0.15) is 49.2 Å². The average Bonchev–Trinajstić information content (AvgIpc) is 3.45. The summed E-state index contributed by atoms with van der Waals surface area (Å²) in [5.41, 5.74) is 0.172. The topological polar surface area (TPSA) is 77.3 Å². The third-order valence-electron chi connectivity index (χ3n) is 3.75. The van der Waals surface area contributed by atoms with E-state index in [0.29, 0.717) is 10.0 Å². The number of thiophene rings is 3. The first kappa shape index (κ1) is 22.1. The molecule has 3 aromatic heterocycles. The molecular formula is C21H20N2O4S3. The molecule has 3 rings (SSSR count). The van der Waals surface area contributed by atoms with E-state index in [0.717, 1.165) is 26.0 Å². The molecule has 0 aromatic carbocycles. The number of nitrogens with zero attached hydrogens (tertiary/aromatic N) is 2. The maximum Gasteiger partial charge on any atom is 0.342 e. The maximum atomic E-state index is 12.7. The molecule has 0 bridgehead atoms. The van der Waals surface area contributed by atoms with Gasteiger partial charge in [-0.1, -0.05) is 17.4 Å². The first-order valence-electron chi connectivity index (χ1n) is 9.22. The minimum absolute atomic E-state index is 0.0858. The monoisotopic (exact) mass is 460 g/mol. The molecule has 0 unspecified atom stereocenters. The summed E-state index contributed by atoms with van der Waals surface area (Å²) < 4.78 is 10.4. The minimum atomic E-state index is -0.622. The van der Waals surface area contributed by atoms with Gasteiger partial charge in [0.1, 0.15) is 21.1 Å². The fourth-order valence-corrected chi connectivity index (χ4v) is 4.81. The molecule has 0 amide bonds. The molecule has 0 saturated heterocycles. The molecule has 0 radical (unpaired) electrons. The normalized spacial score (nSPS) is 11.4. The number of hydrogen-bond acceptors (Lipinski definition) is 9. The van der Waals surface area contributed by atoms with Gasteiger partial charge in [-0.25, -0.2) is 19.6 Å². The molecule has 0 aliphatic rings. The van der Waals surface area contributed by atoms with Gasteiger partial charge in [0.05, 0.1) is 13.2 Å². The molecule has 0 spiro atoms. The fourth-order valence-electron chi connectivity index (χ4n) is 2.51. The van der Waals surface area contributed by atoms with Crippen molar-refractivity contribution in [2.45, 2.75) is 20.8 Å². The van der Waals surface area contributed by atoms with E-state index in [4.69, 9.17) is 9.47 Å². The molecule has 156 valence electrons. The Hall–Kier alpha value is -2.62. The lowest BCUT2D eigenvalue weighted by Crippen LogP contribution is -2.12. The van der Waals surface area contributed by atoms with Gasteiger partial charge in [-0.3, -0.25) is 0 Å². The van der Waals surface area contributed by atoms with Crippen LogP contribution in [-0.4, -0.2) is 37.6 Å². The molecule has 30 heavy (non-hydrogen) atoms. The lowest BCUT2D eigenvalue weighted by Gasteiger charge is -2.05. The van der Waals surface area contributed by atoms with Crippen LogP contribution in [0.2, 0.25) is 0 Å². The van der Waals surface area contributed by atoms with Gasteiger partial charge in [0.2, 0.25) is 0 Å². The predicted octanol–water partition coefficient (Wildman–Crippen LogP) is 6.03. The Labute approximate surface area is 186 Å². The van der Waals surface area contributed by atoms with E-state index in [1.54, 1.807) is 37.6 Å². The van der Waals surface area contributed by atoms with Gasteiger partial charge in [-0.15, -0.1) is 22.7 Å². The number of hydrogen-bond donors (Lipinski definition) is 0. The Bertz CT molecular complexity index is 1080. The quantitative estimate of drug-likeness (QED) is 0.303. The van der Waals surface area contributed by atoms with Crippen molar-refractivity contribution in [3.8, 4) is 0 Å². The van der Waals surface area contributed by atoms with Crippen molar-refractivity contribution in [2.24, 2.45) is 9.98 Å². The summed E-state index contributed by atoms with van der Waals surface area (Å²) in [5.74, 6) is -1.24. The van der Waals surface area contributed by atoms with Gasteiger partial charge < -0.3 is 9.47 Å². The van der Waals surface area contributed by atoms with Gasteiger partial charge in [0, 0.05) is 27.1 Å². The van der Waals surface area contributed by atoms with E-state index in [2.05, 4.69) is 9.98 Å². The number of aryl methyl sites for hydroxylation is 1. The zero-order chi connectivity index (χ0) is 21.5. The van der Waals surface area contributed by atoms with Gasteiger partial charge in [0.15, 0.2) is 0 Å². The number of rotatable bonds is 8. The van der Waals surface area contributed by atoms with Crippen LogP contribution in [0.25, 0.3) is 0 Å². The standard InChI is InChI=1S/C21H20N2O4S3/c1-4-26-20(24)16-17(21(25)27-5-2)19(23-12-15-9-8-13(3)29-15)30-18(16)22-11-14-7-6-10-28-14/h6-12H,4-5H2,1-3H3/b22-11+,23-12+. The molecule has 6 nitrogen and oxygen atoms in total. The zero-order valence-electron chi connectivity index (χ0n) is 16.7. The Balaban J connectivity index is 2.11. The molecule has 0 fully saturated rings. The molecule has 3 heterocycles. The molecule has 9 heteroatoms. The van der Waals surface area contributed by atoms with Gasteiger partial charge in [-0.05, 0) is 44.4 Å². The second-order valence-corrected chi connectivity index (χ2v) is 9.16. The Kier molecular flexibility index (Phi) is 7.67. The smallest absolute Gasteiger partial charge is 0.342 e. The van der Waals surface area contributed by atoms with Crippen molar-refractivity contribution in [2.75, 3.05) is 13.2 Å². The highest BCUT2D eigenvalue weighted by Crippen LogP contribution is 2.42. The van der Waals surface area contributed by atoms with Crippen LogP contribution in [0.15, 0.2) is 39.6 Å². The summed E-state index contributed by atoms with van der Waals surface area (Å²) in [6, 6.07) is 7.77. The Morgan fingerprint density at radius 3 is 1.97 bits per heavy atom. The SMILES string of the molecule is CCOC(=O)c1c(/N=C/c2cccs2)sc(/N=C/c2ccc(C)s2)c1C(=O)OCC. The zero-order valence-corrected chi connectivity index (χ0v) is 19.2. The summed E-state index contributed by atoms with van der Waals surface area (Å²) in [5, 5.41) is 2.66. The van der Waals surface area contributed by atoms with Crippen molar-refractivity contribution in [3.05, 3.63) is 55.4 Å². The van der Waals surface area contributed by atoms with Gasteiger partial charge in [-0.2, -0.15) is 0 Å². The summed E-state index contributed by atoms with van der Waals surface area (Å²) >= 11 is 4.26. The number of aliphatic imine (C=N–C) groups is 2. The number of esters is 2. The summed E-state index contributed by atoms with van der Waals surface area (Å²) in [6.07, 6.45) is 3.33. The van der Waals surface area contributed by atoms with Crippen LogP contribution < -0.4 is 0 Å². The van der Waals surface area contributed by atoms with E-state index >= 15 is 0 Å². The first-order valence-corrected chi connectivity index (χ1v) is 11.7. The molecule has 0 saturated carbocycles. The third kappa shape index (κ3) is 5.29. The second kappa shape index (κ2) is 10.4. The molecule has 0 aliphatic heterocycles. The average molecular weight is 461 g/mol. The van der Waals surface area contributed by atoms with Crippen LogP contribution in [0, 0.1) is 6.92 Å². The van der Waals surface area contributed by atoms with Crippen molar-refractivity contribution in [3.63, 3.8) is 0 Å². The minimum Gasteiger partial charge on any atom is -0.462 e.